The Balaban J connectivity index is 1.62. The molecular weight excluding hydrogens is 411 g/mol. The standard InChI is InChI=1S/C21H20ClFN4O3/c1-3-14-6-4-5-7-17(14)30-12-18(28)24-25-21(29)19-13(2)26-27(20(19)22)16-10-8-15(23)9-11-16/h4-11H,3,12H2,1-2H3,(H,24,28)(H,25,29). The highest BCUT2D eigenvalue weighted by atomic mass is 35.5. The van der Waals surface area contributed by atoms with Crippen LogP contribution in [0.15, 0.2) is 48.5 Å². The maximum absolute atomic E-state index is 13.1. The van der Waals surface area contributed by atoms with Crippen LogP contribution in [0.25, 0.3) is 5.69 Å². The SMILES string of the molecule is CCc1ccccc1OCC(=O)NNC(=O)c1c(C)nn(-c2ccc(F)cc2)c1Cl. The first-order valence-corrected chi connectivity index (χ1v) is 9.59. The number of carbonyl (C=O) groups excluding carboxylic acids is 2. The first-order chi connectivity index (χ1) is 14.4. The van der Waals surface area contributed by atoms with Gasteiger partial charge in [0.15, 0.2) is 6.61 Å². The van der Waals surface area contributed by atoms with E-state index in [4.69, 9.17) is 16.3 Å². The minimum Gasteiger partial charge on any atom is -0.483 e. The highest BCUT2D eigenvalue weighted by molar-refractivity contribution is 6.33. The van der Waals surface area contributed by atoms with Crippen molar-refractivity contribution in [3.63, 3.8) is 0 Å². The fourth-order valence-corrected chi connectivity index (χ4v) is 3.17. The highest BCUT2D eigenvalue weighted by Gasteiger charge is 2.21. The Morgan fingerprint density at radius 3 is 2.53 bits per heavy atom. The van der Waals surface area contributed by atoms with Crippen LogP contribution in [0.5, 0.6) is 5.75 Å². The zero-order valence-corrected chi connectivity index (χ0v) is 17.2. The predicted octanol–water partition coefficient (Wildman–Crippen LogP) is 3.38. The summed E-state index contributed by atoms with van der Waals surface area (Å²) in [6, 6.07) is 12.9. The van der Waals surface area contributed by atoms with Crippen molar-refractivity contribution < 1.29 is 18.7 Å². The lowest BCUT2D eigenvalue weighted by Gasteiger charge is -2.11. The third-order valence-corrected chi connectivity index (χ3v) is 4.68. The summed E-state index contributed by atoms with van der Waals surface area (Å²) in [7, 11) is 0. The van der Waals surface area contributed by atoms with E-state index in [1.807, 2.05) is 25.1 Å². The zero-order chi connectivity index (χ0) is 21.7. The summed E-state index contributed by atoms with van der Waals surface area (Å²) in [5, 5.41) is 4.26. The Bertz CT molecular complexity index is 1070. The molecule has 0 saturated carbocycles. The fraction of sp³-hybridized carbons (Fsp3) is 0.190. The summed E-state index contributed by atoms with van der Waals surface area (Å²) >= 11 is 6.30. The molecule has 2 N–H and O–H groups in total. The number of nitrogens with zero attached hydrogens (tertiary/aromatic N) is 2. The topological polar surface area (TPSA) is 85.2 Å². The van der Waals surface area contributed by atoms with Crippen LogP contribution in [-0.2, 0) is 11.2 Å². The number of hydrogen-bond acceptors (Lipinski definition) is 4. The summed E-state index contributed by atoms with van der Waals surface area (Å²) in [5.41, 5.74) is 6.51. The van der Waals surface area contributed by atoms with Crippen molar-refractivity contribution in [1.29, 1.82) is 0 Å². The normalized spacial score (nSPS) is 10.5. The number of nitrogens with one attached hydrogen (secondary N) is 2. The van der Waals surface area contributed by atoms with Gasteiger partial charge in [0.1, 0.15) is 22.3 Å². The first kappa shape index (κ1) is 21.3. The molecule has 2 aromatic carbocycles. The molecule has 1 heterocycles. The van der Waals surface area contributed by atoms with Crippen molar-refractivity contribution in [2.24, 2.45) is 0 Å². The Morgan fingerprint density at radius 1 is 1.13 bits per heavy atom. The summed E-state index contributed by atoms with van der Waals surface area (Å²) in [6.07, 6.45) is 0.768. The number of halogens is 2. The first-order valence-electron chi connectivity index (χ1n) is 9.21. The van der Waals surface area contributed by atoms with Gasteiger partial charge in [0.25, 0.3) is 11.8 Å². The lowest BCUT2D eigenvalue weighted by atomic mass is 10.1. The van der Waals surface area contributed by atoms with Gasteiger partial charge in [-0.25, -0.2) is 9.07 Å². The number of aryl methyl sites for hydroxylation is 2. The van der Waals surface area contributed by atoms with Gasteiger partial charge in [-0.05, 0) is 49.2 Å². The van der Waals surface area contributed by atoms with Crippen molar-refractivity contribution in [3.8, 4) is 11.4 Å². The molecule has 0 spiro atoms. The number of rotatable bonds is 6. The van der Waals surface area contributed by atoms with Crippen LogP contribution in [0.2, 0.25) is 5.15 Å². The van der Waals surface area contributed by atoms with E-state index >= 15 is 0 Å². The molecule has 0 atom stereocenters. The molecule has 7 nitrogen and oxygen atoms in total. The van der Waals surface area contributed by atoms with Crippen LogP contribution >= 0.6 is 11.6 Å². The van der Waals surface area contributed by atoms with Gasteiger partial charge in [0.2, 0.25) is 0 Å². The molecule has 9 heteroatoms. The van der Waals surface area contributed by atoms with Crippen LogP contribution in [0.4, 0.5) is 4.39 Å². The molecule has 0 radical (unpaired) electrons. The molecule has 3 rings (SSSR count). The molecule has 156 valence electrons. The quantitative estimate of drug-likeness (QED) is 0.587. The van der Waals surface area contributed by atoms with Gasteiger partial charge in [0, 0.05) is 0 Å². The minimum atomic E-state index is -0.631. The molecule has 3 aromatic rings. The van der Waals surface area contributed by atoms with E-state index in [-0.39, 0.29) is 17.3 Å². The number of carbonyl (C=O) groups is 2. The molecule has 0 bridgehead atoms. The van der Waals surface area contributed by atoms with Crippen molar-refractivity contribution in [3.05, 3.63) is 76.3 Å². The van der Waals surface area contributed by atoms with E-state index in [9.17, 15) is 14.0 Å². The van der Waals surface area contributed by atoms with Gasteiger partial charge in [-0.2, -0.15) is 5.10 Å². The second kappa shape index (κ2) is 9.41. The van der Waals surface area contributed by atoms with Crippen LogP contribution < -0.4 is 15.6 Å². The molecule has 0 fully saturated rings. The van der Waals surface area contributed by atoms with Crippen molar-refractivity contribution in [1.82, 2.24) is 20.6 Å². The molecule has 30 heavy (non-hydrogen) atoms. The van der Waals surface area contributed by atoms with E-state index < -0.39 is 17.6 Å². The van der Waals surface area contributed by atoms with Gasteiger partial charge in [0.05, 0.1) is 11.4 Å². The third kappa shape index (κ3) is 4.77. The van der Waals surface area contributed by atoms with Crippen LogP contribution in [0, 0.1) is 12.7 Å². The van der Waals surface area contributed by atoms with E-state index in [2.05, 4.69) is 16.0 Å². The average molecular weight is 431 g/mol. The number of ether oxygens (including phenoxy) is 1. The predicted molar refractivity (Wildman–Crippen MR) is 110 cm³/mol. The Kier molecular flexibility index (Phi) is 6.68. The summed E-state index contributed by atoms with van der Waals surface area (Å²) in [4.78, 5) is 24.5. The molecule has 2 amide bonds. The lowest BCUT2D eigenvalue weighted by Crippen LogP contribution is -2.44. The van der Waals surface area contributed by atoms with Gasteiger partial charge in [-0.15, -0.1) is 0 Å². The van der Waals surface area contributed by atoms with E-state index in [0.29, 0.717) is 17.1 Å². The Labute approximate surface area is 177 Å². The Morgan fingerprint density at radius 2 is 1.83 bits per heavy atom. The number of para-hydroxylation sites is 1. The zero-order valence-electron chi connectivity index (χ0n) is 16.4. The number of aromatic nitrogens is 2. The lowest BCUT2D eigenvalue weighted by molar-refractivity contribution is -0.123. The van der Waals surface area contributed by atoms with Gasteiger partial charge < -0.3 is 4.74 Å². The van der Waals surface area contributed by atoms with E-state index in [0.717, 1.165) is 12.0 Å². The van der Waals surface area contributed by atoms with Crippen molar-refractivity contribution >= 4 is 23.4 Å². The maximum atomic E-state index is 13.1. The molecule has 0 saturated heterocycles. The van der Waals surface area contributed by atoms with Crippen LogP contribution in [0.1, 0.15) is 28.5 Å². The minimum absolute atomic E-state index is 0.0407. The van der Waals surface area contributed by atoms with E-state index in [1.54, 1.807) is 13.0 Å². The van der Waals surface area contributed by atoms with Crippen molar-refractivity contribution in [2.45, 2.75) is 20.3 Å². The largest absolute Gasteiger partial charge is 0.483 e. The molecule has 0 unspecified atom stereocenters. The molecule has 0 aliphatic heterocycles. The monoisotopic (exact) mass is 430 g/mol. The van der Waals surface area contributed by atoms with Gasteiger partial charge in [-0.1, -0.05) is 36.7 Å². The summed E-state index contributed by atoms with van der Waals surface area (Å²) < 4.78 is 20.0. The molecular formula is C21H20ClFN4O3. The fourth-order valence-electron chi connectivity index (χ4n) is 2.82. The molecule has 0 aliphatic rings. The number of amides is 2. The van der Waals surface area contributed by atoms with Gasteiger partial charge >= 0.3 is 0 Å². The van der Waals surface area contributed by atoms with E-state index in [1.165, 1.54) is 28.9 Å². The third-order valence-electron chi connectivity index (χ3n) is 4.33. The summed E-state index contributed by atoms with van der Waals surface area (Å²) in [6.45, 7) is 3.33. The summed E-state index contributed by atoms with van der Waals surface area (Å²) in [5.74, 6) is -0.953. The smallest absolute Gasteiger partial charge is 0.276 e. The van der Waals surface area contributed by atoms with Crippen LogP contribution in [-0.4, -0.2) is 28.2 Å². The number of benzene rings is 2. The molecule has 1 aromatic heterocycles. The van der Waals surface area contributed by atoms with Gasteiger partial charge in [-0.3, -0.25) is 20.4 Å². The molecule has 0 aliphatic carbocycles. The Hall–Kier alpha value is -3.39. The second-order valence-corrected chi connectivity index (χ2v) is 6.75. The van der Waals surface area contributed by atoms with Crippen molar-refractivity contribution in [2.75, 3.05) is 6.61 Å². The second-order valence-electron chi connectivity index (χ2n) is 6.39. The van der Waals surface area contributed by atoms with Crippen LogP contribution in [0.3, 0.4) is 0 Å². The highest BCUT2D eigenvalue weighted by Crippen LogP contribution is 2.23. The number of hydrogen-bond donors (Lipinski definition) is 2. The average Bonchev–Trinajstić information content (AvgIpc) is 3.05. The number of hydrazine groups is 1. The maximum Gasteiger partial charge on any atom is 0.276 e.